The zero-order chi connectivity index (χ0) is 47.8. The second kappa shape index (κ2) is 21.9. The SMILES string of the molecule is CC(C)(COP(=O)(O)OP(=O)(O)OCC1OC(n2cnc3c(N)ncnc32)C(O)C1OP(=O)(O)O)C(O)C(=O)NCCC(=O)NCCSC(=O)C(CO)NC(=O)c1cccc(O)c1O. The Kier molecular flexibility index (Phi) is 17.9. The van der Waals surface area contributed by atoms with Crippen molar-refractivity contribution >= 4 is 75.0 Å². The molecule has 33 heteroatoms. The molecule has 14 N–H and O–H groups in total. The van der Waals surface area contributed by atoms with Gasteiger partial charge in [-0.1, -0.05) is 31.7 Å². The summed E-state index contributed by atoms with van der Waals surface area (Å²) in [5.74, 6) is -3.95. The summed E-state index contributed by atoms with van der Waals surface area (Å²) < 4.78 is 62.1. The van der Waals surface area contributed by atoms with Gasteiger partial charge in [-0.15, -0.1) is 0 Å². The van der Waals surface area contributed by atoms with Crippen molar-refractivity contribution in [2.45, 2.75) is 57.0 Å². The van der Waals surface area contributed by atoms with Crippen LogP contribution in [0.3, 0.4) is 0 Å². The molecule has 64 heavy (non-hydrogen) atoms. The van der Waals surface area contributed by atoms with Gasteiger partial charge in [0.2, 0.25) is 16.9 Å². The summed E-state index contributed by atoms with van der Waals surface area (Å²) in [4.78, 5) is 101. The Hall–Kier alpha value is -4.19. The molecule has 4 rings (SSSR count). The molecule has 0 radical (unpaired) electrons. The Morgan fingerprint density at radius 3 is 2.38 bits per heavy atom. The molecule has 3 heterocycles. The number of carbonyl (C=O) groups excluding carboxylic acids is 4. The number of nitrogen functional groups attached to an aromatic ring is 1. The van der Waals surface area contributed by atoms with E-state index < -0.39 is 120 Å². The highest BCUT2D eigenvalue weighted by atomic mass is 32.2. The summed E-state index contributed by atoms with van der Waals surface area (Å²) in [6.07, 6.45) is -7.31. The second-order valence-electron chi connectivity index (χ2n) is 14.1. The van der Waals surface area contributed by atoms with Crippen LogP contribution in [0.25, 0.3) is 11.2 Å². The number of carbonyl (C=O) groups is 4. The highest BCUT2D eigenvalue weighted by molar-refractivity contribution is 8.13. The molecular formula is C31H45N8O21P3S. The maximum absolute atomic E-state index is 12.7. The molecule has 1 aliphatic heterocycles. The van der Waals surface area contributed by atoms with Crippen LogP contribution < -0.4 is 21.7 Å². The number of imidazole rings is 1. The van der Waals surface area contributed by atoms with Crippen LogP contribution >= 0.6 is 35.2 Å². The molecule has 1 fully saturated rings. The van der Waals surface area contributed by atoms with Crippen molar-refractivity contribution in [3.05, 3.63) is 36.4 Å². The van der Waals surface area contributed by atoms with Crippen LogP contribution in [0.4, 0.5) is 5.82 Å². The van der Waals surface area contributed by atoms with E-state index in [-0.39, 0.29) is 47.8 Å². The summed E-state index contributed by atoms with van der Waals surface area (Å²) in [6, 6.07) is 2.22. The summed E-state index contributed by atoms with van der Waals surface area (Å²) in [7, 11) is -16.5. The Labute approximate surface area is 365 Å². The average Bonchev–Trinajstić information content (AvgIpc) is 3.77. The molecule has 3 aromatic rings. The molecule has 0 bridgehead atoms. The van der Waals surface area contributed by atoms with Crippen molar-refractivity contribution in [2.75, 3.05) is 44.4 Å². The molecule has 1 aliphatic rings. The number of benzene rings is 1. The monoisotopic (exact) mass is 990 g/mol. The molecule has 8 unspecified atom stereocenters. The first-order chi connectivity index (χ1) is 29.8. The first-order valence-corrected chi connectivity index (χ1v) is 23.7. The average molecular weight is 991 g/mol. The van der Waals surface area contributed by atoms with Crippen LogP contribution in [0.5, 0.6) is 11.5 Å². The zero-order valence-corrected chi connectivity index (χ0v) is 36.8. The molecule has 8 atom stereocenters. The maximum Gasteiger partial charge on any atom is 0.481 e. The number of anilines is 1. The number of phosphoric acid groups is 3. The number of aromatic hydroxyl groups is 2. The zero-order valence-electron chi connectivity index (χ0n) is 33.3. The van der Waals surface area contributed by atoms with Crippen molar-refractivity contribution in [3.63, 3.8) is 0 Å². The first kappa shape index (κ1) is 52.4. The van der Waals surface area contributed by atoms with Gasteiger partial charge in [0.05, 0.1) is 31.7 Å². The van der Waals surface area contributed by atoms with Crippen molar-refractivity contribution in [1.82, 2.24) is 35.5 Å². The van der Waals surface area contributed by atoms with Gasteiger partial charge in [0.15, 0.2) is 29.2 Å². The highest BCUT2D eigenvalue weighted by Crippen LogP contribution is 2.61. The minimum Gasteiger partial charge on any atom is -0.504 e. The highest BCUT2D eigenvalue weighted by Gasteiger charge is 2.50. The summed E-state index contributed by atoms with van der Waals surface area (Å²) in [5, 5.41) is 56.8. The lowest BCUT2D eigenvalue weighted by Crippen LogP contribution is -2.46. The predicted molar refractivity (Wildman–Crippen MR) is 215 cm³/mol. The Balaban J connectivity index is 1.19. The van der Waals surface area contributed by atoms with Crippen LogP contribution in [-0.2, 0) is 50.7 Å². The van der Waals surface area contributed by atoms with E-state index in [1.165, 1.54) is 26.0 Å². The number of aliphatic hydroxyl groups is 3. The fourth-order valence-electron chi connectivity index (χ4n) is 5.51. The number of thioether (sulfide) groups is 1. The van der Waals surface area contributed by atoms with Gasteiger partial charge in [0.1, 0.15) is 42.3 Å². The van der Waals surface area contributed by atoms with Gasteiger partial charge in [0, 0.05) is 30.7 Å². The molecular weight excluding hydrogens is 945 g/mol. The number of phenols is 2. The minimum atomic E-state index is -5.62. The fraction of sp³-hybridized carbons (Fsp3) is 0.516. The topological polar surface area (TPSA) is 453 Å². The molecule has 1 aromatic carbocycles. The second-order valence-corrected chi connectivity index (χ2v) is 19.5. The molecule has 2 aromatic heterocycles. The molecule has 1 saturated heterocycles. The van der Waals surface area contributed by atoms with Crippen LogP contribution in [0.1, 0.15) is 36.9 Å². The van der Waals surface area contributed by atoms with E-state index in [9.17, 15) is 78.0 Å². The number of aliphatic hydroxyl groups excluding tert-OH is 3. The number of fused-ring (bicyclic) bond motifs is 1. The molecule has 0 spiro atoms. The van der Waals surface area contributed by atoms with E-state index >= 15 is 0 Å². The number of nitrogens with one attached hydrogen (secondary N) is 3. The van der Waals surface area contributed by atoms with Gasteiger partial charge < -0.3 is 71.5 Å². The smallest absolute Gasteiger partial charge is 0.481 e. The van der Waals surface area contributed by atoms with E-state index in [0.717, 1.165) is 23.3 Å². The standard InChI is InChI=1S/C31H45N8O21P3S/c1-31(2,24(45)28(47)34-7-6-19(42)33-8-9-64-30(48)16(10-40)38-27(46)15-4-3-5-17(41)21(15)43)12-57-63(54,55)60-62(52,53)56-11-18-23(59-61(49,50)51)22(44)29(58-18)39-14-37-20-25(32)35-13-36-26(20)39/h3-5,13-14,16,18,22-24,29,40-41,43-45H,6-12H2,1-2H3,(H,33,42)(H,34,47)(H,38,46)(H,52,53)(H,54,55)(H2,32,35,36)(H2,49,50,51). The van der Waals surface area contributed by atoms with E-state index in [0.29, 0.717) is 11.8 Å². The van der Waals surface area contributed by atoms with Crippen LogP contribution in [0.2, 0.25) is 0 Å². The van der Waals surface area contributed by atoms with Gasteiger partial charge in [-0.05, 0) is 12.1 Å². The third-order valence-corrected chi connectivity index (χ3v) is 12.9. The van der Waals surface area contributed by atoms with Crippen molar-refractivity contribution < 1.29 is 101 Å². The fourth-order valence-corrected chi connectivity index (χ4v) is 9.08. The number of amides is 3. The Bertz CT molecular complexity index is 2320. The van der Waals surface area contributed by atoms with E-state index in [4.69, 9.17) is 19.5 Å². The number of hydrogen-bond acceptors (Lipinski definition) is 22. The lowest BCUT2D eigenvalue weighted by molar-refractivity contribution is -0.137. The lowest BCUT2D eigenvalue weighted by atomic mass is 9.87. The number of phenolic OH excluding ortho intramolecular Hbond substituents is 2. The number of hydrogen-bond donors (Lipinski definition) is 13. The first-order valence-electron chi connectivity index (χ1n) is 18.2. The molecule has 3 amide bonds. The van der Waals surface area contributed by atoms with Gasteiger partial charge in [-0.2, -0.15) is 4.31 Å². The predicted octanol–water partition coefficient (Wildman–Crippen LogP) is -2.13. The Morgan fingerprint density at radius 1 is 1.02 bits per heavy atom. The molecule has 356 valence electrons. The summed E-state index contributed by atoms with van der Waals surface area (Å²) in [6.45, 7) is -0.889. The number of aromatic nitrogens is 4. The van der Waals surface area contributed by atoms with Crippen molar-refractivity contribution in [3.8, 4) is 11.5 Å². The molecule has 0 aliphatic carbocycles. The van der Waals surface area contributed by atoms with E-state index in [1.54, 1.807) is 0 Å². The number of phosphoric ester groups is 3. The van der Waals surface area contributed by atoms with Gasteiger partial charge in [-0.25, -0.2) is 28.6 Å². The van der Waals surface area contributed by atoms with Gasteiger partial charge in [-0.3, -0.25) is 37.3 Å². The molecule has 29 nitrogen and oxygen atoms in total. The third-order valence-electron chi connectivity index (χ3n) is 8.78. The normalized spacial score (nSPS) is 20.8. The van der Waals surface area contributed by atoms with Crippen molar-refractivity contribution in [2.24, 2.45) is 5.41 Å². The quantitative estimate of drug-likeness (QED) is 0.0274. The summed E-state index contributed by atoms with van der Waals surface area (Å²) >= 11 is 0.661. The number of nitrogens with zero attached hydrogens (tertiary/aromatic N) is 4. The summed E-state index contributed by atoms with van der Waals surface area (Å²) in [5.41, 5.74) is 3.80. The maximum atomic E-state index is 12.7. The number of para-hydroxylation sites is 1. The minimum absolute atomic E-state index is 0.00398. The lowest BCUT2D eigenvalue weighted by Gasteiger charge is -2.30. The number of ether oxygens (including phenoxy) is 1. The van der Waals surface area contributed by atoms with E-state index in [2.05, 4.69) is 39.7 Å². The third kappa shape index (κ3) is 14.4. The van der Waals surface area contributed by atoms with Crippen molar-refractivity contribution in [1.29, 1.82) is 0 Å². The van der Waals surface area contributed by atoms with E-state index in [1.807, 2.05) is 0 Å². The molecule has 0 saturated carbocycles. The van der Waals surface area contributed by atoms with Crippen LogP contribution in [-0.4, -0.2) is 157 Å². The largest absolute Gasteiger partial charge is 0.504 e. The Morgan fingerprint density at radius 2 is 1.70 bits per heavy atom. The van der Waals surface area contributed by atoms with Gasteiger partial charge >= 0.3 is 23.5 Å². The van der Waals surface area contributed by atoms with Gasteiger partial charge in [0.25, 0.3) is 5.91 Å². The van der Waals surface area contributed by atoms with Crippen LogP contribution in [0, 0.1) is 5.41 Å². The number of rotatable bonds is 23. The number of nitrogens with two attached hydrogens (primary N) is 1. The van der Waals surface area contributed by atoms with Crippen LogP contribution in [0.15, 0.2) is 30.9 Å².